The first-order valence-electron chi connectivity index (χ1n) is 12.7. The zero-order chi connectivity index (χ0) is 23.8. The van der Waals surface area contributed by atoms with Crippen LogP contribution in [0, 0.1) is 0 Å². The second kappa shape index (κ2) is 12.1. The van der Waals surface area contributed by atoms with E-state index < -0.39 is 0 Å². The minimum atomic E-state index is 0.717. The Morgan fingerprint density at radius 1 is 0.912 bits per heavy atom. The highest BCUT2D eigenvalue weighted by molar-refractivity contribution is 6.30. The van der Waals surface area contributed by atoms with E-state index in [0.717, 1.165) is 49.9 Å². The lowest BCUT2D eigenvalue weighted by Crippen LogP contribution is -2.20. The number of benzene rings is 1. The maximum atomic E-state index is 6.13. The van der Waals surface area contributed by atoms with E-state index in [0.29, 0.717) is 0 Å². The SMILES string of the molecule is CCCCCCCCCCCc1ccc(/C=c2\[nH]/c(=C3\C=c4cc(Cl)ccc4=N3)cc2OC)[nH]1. The molecule has 0 bridgehead atoms. The zero-order valence-electron chi connectivity index (χ0n) is 20.4. The lowest BCUT2D eigenvalue weighted by Gasteiger charge is -2.01. The predicted octanol–water partition coefficient (Wildman–Crippen LogP) is 5.13. The first kappa shape index (κ1) is 24.4. The number of nitrogens with zero attached hydrogens (tertiary/aromatic N) is 1. The van der Waals surface area contributed by atoms with Crippen LogP contribution in [0.5, 0.6) is 5.75 Å². The Hall–Kier alpha value is -2.72. The summed E-state index contributed by atoms with van der Waals surface area (Å²) in [6.07, 6.45) is 17.4. The Bertz CT molecular complexity index is 1330. The van der Waals surface area contributed by atoms with E-state index >= 15 is 0 Å². The fraction of sp³-hybridized carbons (Fsp3) is 0.414. The molecule has 0 saturated carbocycles. The molecule has 0 amide bonds. The van der Waals surface area contributed by atoms with Crippen molar-refractivity contribution in [3.05, 3.63) is 74.1 Å². The average molecular weight is 478 g/mol. The Morgan fingerprint density at radius 2 is 1.68 bits per heavy atom. The number of fused-ring (bicyclic) bond motifs is 1. The van der Waals surface area contributed by atoms with Crippen LogP contribution in [-0.4, -0.2) is 17.1 Å². The van der Waals surface area contributed by atoms with Gasteiger partial charge in [-0.3, -0.25) is 0 Å². The van der Waals surface area contributed by atoms with E-state index in [-0.39, 0.29) is 0 Å². The number of nitrogens with one attached hydrogen (secondary N) is 2. The number of aromatic amines is 2. The highest BCUT2D eigenvalue weighted by atomic mass is 35.5. The standard InChI is InChI=1S/C29H36ClN3O/c1-3-4-5-6-7-8-9-10-11-12-23-14-15-24(31-23)19-28-29(34-2)20-27(33-28)26-18-21-17-22(30)13-16-25(21)32-26/h13-20,31,33H,3-12H2,1-2H3/b27-26+,28-19-. The summed E-state index contributed by atoms with van der Waals surface area (Å²) in [4.78, 5) is 11.8. The number of rotatable bonds is 12. The van der Waals surface area contributed by atoms with Gasteiger partial charge in [-0.25, -0.2) is 4.99 Å². The summed E-state index contributed by atoms with van der Waals surface area (Å²) in [7, 11) is 1.70. The molecule has 2 aromatic heterocycles. The molecule has 180 valence electrons. The van der Waals surface area contributed by atoms with Gasteiger partial charge in [0.15, 0.2) is 0 Å². The van der Waals surface area contributed by atoms with Gasteiger partial charge in [0.05, 0.1) is 28.9 Å². The van der Waals surface area contributed by atoms with Crippen LogP contribution >= 0.6 is 11.6 Å². The molecule has 0 radical (unpaired) electrons. The second-order valence-electron chi connectivity index (χ2n) is 9.17. The number of aryl methyl sites for hydroxylation is 1. The van der Waals surface area contributed by atoms with E-state index in [1.54, 1.807) is 7.11 Å². The largest absolute Gasteiger partial charge is 0.494 e. The van der Waals surface area contributed by atoms with Gasteiger partial charge in [-0.1, -0.05) is 69.9 Å². The second-order valence-corrected chi connectivity index (χ2v) is 9.61. The quantitative estimate of drug-likeness (QED) is 0.349. The number of H-pyrrole nitrogens is 2. The molecule has 2 N–H and O–H groups in total. The van der Waals surface area contributed by atoms with Crippen LogP contribution in [0.25, 0.3) is 17.8 Å². The van der Waals surface area contributed by atoms with Crippen molar-refractivity contribution in [2.24, 2.45) is 4.99 Å². The summed E-state index contributed by atoms with van der Waals surface area (Å²) in [5, 5.41) is 4.54. The molecular weight excluding hydrogens is 442 g/mol. The van der Waals surface area contributed by atoms with Gasteiger partial charge in [0.25, 0.3) is 0 Å². The smallest absolute Gasteiger partial charge is 0.144 e. The molecule has 4 nitrogen and oxygen atoms in total. The number of ether oxygens (including phenoxy) is 1. The minimum Gasteiger partial charge on any atom is -0.494 e. The van der Waals surface area contributed by atoms with Crippen molar-refractivity contribution < 1.29 is 4.74 Å². The summed E-state index contributed by atoms with van der Waals surface area (Å²) >= 11 is 6.13. The van der Waals surface area contributed by atoms with Crippen LogP contribution in [0.1, 0.15) is 76.1 Å². The molecule has 34 heavy (non-hydrogen) atoms. The summed E-state index contributed by atoms with van der Waals surface area (Å²) < 4.78 is 5.63. The van der Waals surface area contributed by atoms with Gasteiger partial charge < -0.3 is 14.7 Å². The third-order valence-corrected chi connectivity index (χ3v) is 6.68. The average Bonchev–Trinajstić information content (AvgIpc) is 3.56. The third kappa shape index (κ3) is 6.44. The van der Waals surface area contributed by atoms with Crippen LogP contribution in [0.15, 0.2) is 41.4 Å². The Balaban J connectivity index is 1.38. The molecule has 1 aliphatic heterocycles. The van der Waals surface area contributed by atoms with E-state index in [4.69, 9.17) is 21.3 Å². The van der Waals surface area contributed by atoms with Crippen molar-refractivity contribution in [1.29, 1.82) is 0 Å². The molecule has 0 spiro atoms. The lowest BCUT2D eigenvalue weighted by molar-refractivity contribution is 0.412. The fourth-order valence-corrected chi connectivity index (χ4v) is 4.71. The fourth-order valence-electron chi connectivity index (χ4n) is 4.53. The third-order valence-electron chi connectivity index (χ3n) is 6.45. The molecule has 3 heterocycles. The molecular formula is C29H36ClN3O. The van der Waals surface area contributed by atoms with Crippen molar-refractivity contribution in [3.8, 4) is 5.75 Å². The number of halogens is 1. The Labute approximate surface area is 207 Å². The van der Waals surface area contributed by atoms with Crippen molar-refractivity contribution >= 4 is 29.5 Å². The molecule has 1 aliphatic rings. The van der Waals surface area contributed by atoms with Crippen LogP contribution in [0.4, 0.5) is 0 Å². The first-order chi connectivity index (χ1) is 16.7. The normalized spacial score (nSPS) is 14.7. The van der Waals surface area contributed by atoms with Gasteiger partial charge in [0.1, 0.15) is 5.75 Å². The minimum absolute atomic E-state index is 0.717. The summed E-state index contributed by atoms with van der Waals surface area (Å²) in [5.41, 5.74) is 3.25. The number of hydrogen-bond donors (Lipinski definition) is 2. The maximum absolute atomic E-state index is 6.13. The van der Waals surface area contributed by atoms with Crippen LogP contribution in [-0.2, 0) is 6.42 Å². The molecule has 0 unspecified atom stereocenters. The Kier molecular flexibility index (Phi) is 8.70. The molecule has 0 saturated heterocycles. The summed E-state index contributed by atoms with van der Waals surface area (Å²) in [6, 6.07) is 12.1. The van der Waals surface area contributed by atoms with Crippen LogP contribution < -0.4 is 26.0 Å². The van der Waals surface area contributed by atoms with E-state index in [1.807, 2.05) is 30.3 Å². The highest BCUT2D eigenvalue weighted by Crippen LogP contribution is 2.13. The van der Waals surface area contributed by atoms with Gasteiger partial charge >= 0.3 is 0 Å². The van der Waals surface area contributed by atoms with Crippen molar-refractivity contribution in [1.82, 2.24) is 9.97 Å². The van der Waals surface area contributed by atoms with Gasteiger partial charge in [0, 0.05) is 27.7 Å². The first-order valence-corrected chi connectivity index (χ1v) is 13.1. The zero-order valence-corrected chi connectivity index (χ0v) is 21.2. The van der Waals surface area contributed by atoms with Crippen molar-refractivity contribution in [2.45, 2.75) is 71.1 Å². The number of methoxy groups -OCH3 is 1. The molecule has 0 fully saturated rings. The highest BCUT2D eigenvalue weighted by Gasteiger charge is 2.07. The van der Waals surface area contributed by atoms with Gasteiger partial charge in [0.2, 0.25) is 0 Å². The molecule has 3 aromatic rings. The Morgan fingerprint density at radius 3 is 2.44 bits per heavy atom. The molecule has 1 aromatic carbocycles. The van der Waals surface area contributed by atoms with Gasteiger partial charge in [-0.15, -0.1) is 0 Å². The van der Waals surface area contributed by atoms with Gasteiger partial charge in [-0.05, 0) is 55.3 Å². The van der Waals surface area contributed by atoms with Gasteiger partial charge in [-0.2, -0.15) is 0 Å². The topological polar surface area (TPSA) is 53.2 Å². The lowest BCUT2D eigenvalue weighted by atomic mass is 10.1. The molecule has 0 atom stereocenters. The van der Waals surface area contributed by atoms with E-state index in [1.165, 1.54) is 63.5 Å². The van der Waals surface area contributed by atoms with Crippen LogP contribution in [0.3, 0.4) is 0 Å². The van der Waals surface area contributed by atoms with E-state index in [2.05, 4.69) is 35.1 Å². The van der Waals surface area contributed by atoms with Crippen molar-refractivity contribution in [3.63, 3.8) is 0 Å². The molecule has 4 rings (SSSR count). The number of unbranched alkanes of at least 4 members (excludes halogenated alkanes) is 8. The number of hydrogen-bond acceptors (Lipinski definition) is 2. The summed E-state index contributed by atoms with van der Waals surface area (Å²) in [6.45, 7) is 2.27. The van der Waals surface area contributed by atoms with Crippen LogP contribution in [0.2, 0.25) is 5.02 Å². The molecule has 0 aliphatic carbocycles. The number of aromatic nitrogens is 2. The van der Waals surface area contributed by atoms with Crippen molar-refractivity contribution in [2.75, 3.05) is 7.11 Å². The monoisotopic (exact) mass is 477 g/mol. The summed E-state index contributed by atoms with van der Waals surface area (Å²) in [5.74, 6) is 0.801. The molecule has 5 heteroatoms. The maximum Gasteiger partial charge on any atom is 0.144 e. The van der Waals surface area contributed by atoms with E-state index in [9.17, 15) is 0 Å². The predicted molar refractivity (Wildman–Crippen MR) is 142 cm³/mol.